The Morgan fingerprint density at radius 1 is 1.50 bits per heavy atom. The molecule has 68 valence electrons. The number of aliphatic hydroxyl groups excluding tert-OH is 2. The molecule has 0 aromatic heterocycles. The molecule has 0 heterocycles. The summed E-state index contributed by atoms with van der Waals surface area (Å²) in [6.45, 7) is 0.570. The molecule has 12 heavy (non-hydrogen) atoms. The van der Waals surface area contributed by atoms with Gasteiger partial charge in [0.05, 0.1) is 11.9 Å². The maximum Gasteiger partial charge on any atom is 0.0925 e. The molecule has 1 aliphatic carbocycles. The van der Waals surface area contributed by atoms with E-state index in [4.69, 9.17) is 5.11 Å². The molecule has 0 fully saturated rings. The molecule has 3 nitrogen and oxygen atoms in total. The van der Waals surface area contributed by atoms with E-state index in [-0.39, 0.29) is 0 Å². The van der Waals surface area contributed by atoms with Gasteiger partial charge in [-0.05, 0) is 25.1 Å². The zero-order valence-corrected chi connectivity index (χ0v) is 7.25. The van der Waals surface area contributed by atoms with Crippen molar-refractivity contribution in [1.29, 1.82) is 0 Å². The predicted octanol–water partition coefficient (Wildman–Crippen LogP) is 0.729. The number of hydrogen-bond donors (Lipinski definition) is 3. The molecule has 0 amide bonds. The van der Waals surface area contributed by atoms with Gasteiger partial charge in [-0.2, -0.15) is 0 Å². The van der Waals surface area contributed by atoms with Gasteiger partial charge in [0, 0.05) is 13.0 Å². The molecule has 1 rings (SSSR count). The van der Waals surface area contributed by atoms with Gasteiger partial charge in [-0.15, -0.1) is 0 Å². The quantitative estimate of drug-likeness (QED) is 0.583. The Morgan fingerprint density at radius 3 is 2.75 bits per heavy atom. The highest BCUT2D eigenvalue weighted by atomic mass is 16.3. The molecule has 0 saturated heterocycles. The first-order valence-electron chi connectivity index (χ1n) is 4.15. The van der Waals surface area contributed by atoms with Crippen LogP contribution in [-0.4, -0.2) is 29.9 Å². The van der Waals surface area contributed by atoms with Crippen molar-refractivity contribution in [2.45, 2.75) is 18.9 Å². The number of rotatable bonds is 3. The van der Waals surface area contributed by atoms with E-state index in [1.165, 1.54) is 0 Å². The first-order valence-corrected chi connectivity index (χ1v) is 4.15. The van der Waals surface area contributed by atoms with Crippen LogP contribution in [0.5, 0.6) is 0 Å². The fourth-order valence-electron chi connectivity index (χ4n) is 1.24. The lowest BCUT2D eigenvalue weighted by atomic mass is 9.99. The molecule has 0 aromatic rings. The molecule has 1 atom stereocenters. The van der Waals surface area contributed by atoms with Crippen LogP contribution in [0.25, 0.3) is 0 Å². The third-order valence-electron chi connectivity index (χ3n) is 1.99. The SMILES string of the molecule is CNCC(O)C1=CC=C(O)CC1. The van der Waals surface area contributed by atoms with Gasteiger partial charge in [-0.25, -0.2) is 0 Å². The Morgan fingerprint density at radius 2 is 2.25 bits per heavy atom. The molecule has 0 radical (unpaired) electrons. The van der Waals surface area contributed by atoms with E-state index in [0.717, 1.165) is 12.0 Å². The Labute approximate surface area is 72.4 Å². The van der Waals surface area contributed by atoms with Crippen LogP contribution in [0.2, 0.25) is 0 Å². The monoisotopic (exact) mass is 169 g/mol. The summed E-state index contributed by atoms with van der Waals surface area (Å²) in [5.41, 5.74) is 0.988. The van der Waals surface area contributed by atoms with Crippen LogP contribution in [0, 0.1) is 0 Å². The van der Waals surface area contributed by atoms with Crippen LogP contribution < -0.4 is 5.32 Å². The lowest BCUT2D eigenvalue weighted by Gasteiger charge is -2.16. The van der Waals surface area contributed by atoms with E-state index in [1.807, 2.05) is 0 Å². The van der Waals surface area contributed by atoms with Crippen molar-refractivity contribution in [3.63, 3.8) is 0 Å². The number of likely N-dealkylation sites (N-methyl/N-ethyl adjacent to an activating group) is 1. The smallest absolute Gasteiger partial charge is 0.0925 e. The molecule has 0 spiro atoms. The van der Waals surface area contributed by atoms with Crippen molar-refractivity contribution in [3.8, 4) is 0 Å². The molecule has 1 unspecified atom stereocenters. The van der Waals surface area contributed by atoms with E-state index in [1.54, 1.807) is 19.2 Å². The second-order valence-corrected chi connectivity index (χ2v) is 2.97. The number of allylic oxidation sites excluding steroid dienone is 3. The van der Waals surface area contributed by atoms with Crippen LogP contribution in [-0.2, 0) is 0 Å². The number of nitrogens with one attached hydrogen (secondary N) is 1. The second kappa shape index (κ2) is 4.28. The lowest BCUT2D eigenvalue weighted by molar-refractivity contribution is 0.204. The summed E-state index contributed by atoms with van der Waals surface area (Å²) in [4.78, 5) is 0. The summed E-state index contributed by atoms with van der Waals surface area (Å²) >= 11 is 0. The zero-order chi connectivity index (χ0) is 8.97. The van der Waals surface area contributed by atoms with Crippen molar-refractivity contribution in [1.82, 2.24) is 5.32 Å². The summed E-state index contributed by atoms with van der Waals surface area (Å²) in [6, 6.07) is 0. The molecule has 0 saturated carbocycles. The average Bonchev–Trinajstić information content (AvgIpc) is 2.06. The maximum atomic E-state index is 9.52. The number of hydrogen-bond acceptors (Lipinski definition) is 3. The summed E-state index contributed by atoms with van der Waals surface area (Å²) < 4.78 is 0. The summed E-state index contributed by atoms with van der Waals surface area (Å²) in [7, 11) is 1.81. The van der Waals surface area contributed by atoms with Crippen molar-refractivity contribution >= 4 is 0 Å². The molecule has 0 bridgehead atoms. The predicted molar refractivity (Wildman–Crippen MR) is 48.0 cm³/mol. The topological polar surface area (TPSA) is 52.5 Å². The van der Waals surface area contributed by atoms with Gasteiger partial charge in [-0.3, -0.25) is 0 Å². The third kappa shape index (κ3) is 2.36. The van der Waals surface area contributed by atoms with Gasteiger partial charge in [0.2, 0.25) is 0 Å². The van der Waals surface area contributed by atoms with E-state index in [0.29, 0.717) is 18.7 Å². The Kier molecular flexibility index (Phi) is 3.31. The van der Waals surface area contributed by atoms with Crippen LogP contribution in [0.3, 0.4) is 0 Å². The first kappa shape index (κ1) is 9.29. The Balaban J connectivity index is 2.52. The Hall–Kier alpha value is -0.800. The fourth-order valence-corrected chi connectivity index (χ4v) is 1.24. The van der Waals surface area contributed by atoms with Crippen molar-refractivity contribution in [3.05, 3.63) is 23.5 Å². The minimum atomic E-state index is -0.417. The molecule has 0 aliphatic heterocycles. The summed E-state index contributed by atoms with van der Waals surface area (Å²) in [5.74, 6) is 0.399. The second-order valence-electron chi connectivity index (χ2n) is 2.97. The Bertz CT molecular complexity index is 209. The third-order valence-corrected chi connectivity index (χ3v) is 1.99. The molecule has 3 N–H and O–H groups in total. The highest BCUT2D eigenvalue weighted by molar-refractivity contribution is 5.23. The van der Waals surface area contributed by atoms with Gasteiger partial charge in [0.1, 0.15) is 0 Å². The van der Waals surface area contributed by atoms with Crippen molar-refractivity contribution in [2.24, 2.45) is 0 Å². The van der Waals surface area contributed by atoms with E-state index >= 15 is 0 Å². The maximum absolute atomic E-state index is 9.52. The van der Waals surface area contributed by atoms with Gasteiger partial charge < -0.3 is 15.5 Å². The molecular weight excluding hydrogens is 154 g/mol. The lowest BCUT2D eigenvalue weighted by Crippen LogP contribution is -2.25. The minimum Gasteiger partial charge on any atom is -0.512 e. The highest BCUT2D eigenvalue weighted by Gasteiger charge is 2.12. The molecule has 3 heteroatoms. The van der Waals surface area contributed by atoms with Crippen LogP contribution in [0.15, 0.2) is 23.5 Å². The standard InChI is InChI=1S/C9H15NO2/c1-10-6-9(12)7-2-4-8(11)5-3-7/h2,4,9-12H,3,5-6H2,1H3. The van der Waals surface area contributed by atoms with Crippen LogP contribution >= 0.6 is 0 Å². The minimum absolute atomic E-state index is 0.399. The summed E-state index contributed by atoms with van der Waals surface area (Å²) in [5, 5.41) is 21.5. The van der Waals surface area contributed by atoms with Crippen LogP contribution in [0.4, 0.5) is 0 Å². The largest absolute Gasteiger partial charge is 0.512 e. The molecule has 1 aliphatic rings. The van der Waals surface area contributed by atoms with E-state index in [2.05, 4.69) is 5.32 Å². The van der Waals surface area contributed by atoms with Crippen LogP contribution in [0.1, 0.15) is 12.8 Å². The molecule has 0 aromatic carbocycles. The number of aliphatic hydroxyl groups is 2. The van der Waals surface area contributed by atoms with Gasteiger partial charge in [0.25, 0.3) is 0 Å². The van der Waals surface area contributed by atoms with Gasteiger partial charge in [0.15, 0.2) is 0 Å². The van der Waals surface area contributed by atoms with Gasteiger partial charge >= 0.3 is 0 Å². The summed E-state index contributed by atoms with van der Waals surface area (Å²) in [6.07, 6.45) is 4.43. The fraction of sp³-hybridized carbons (Fsp3) is 0.556. The van der Waals surface area contributed by atoms with E-state index in [9.17, 15) is 5.11 Å². The first-order chi connectivity index (χ1) is 5.74. The van der Waals surface area contributed by atoms with E-state index < -0.39 is 6.10 Å². The molecular formula is C9H15NO2. The average molecular weight is 169 g/mol. The zero-order valence-electron chi connectivity index (χ0n) is 7.25. The van der Waals surface area contributed by atoms with Gasteiger partial charge in [-0.1, -0.05) is 6.08 Å². The van der Waals surface area contributed by atoms with Crippen molar-refractivity contribution < 1.29 is 10.2 Å². The highest BCUT2D eigenvalue weighted by Crippen LogP contribution is 2.18. The normalized spacial score (nSPS) is 19.8. The van der Waals surface area contributed by atoms with Crippen molar-refractivity contribution in [2.75, 3.05) is 13.6 Å².